The SMILES string of the molecule is C/C=C(\NC(=O)[C@H](Cc1ccccc1)NC(=O)[C@@H](CC(C)C)NC(=O)[C@@H](CCCN=C(N)N)NC(=O)[C@@H](CC(C)C)NC(C)=O)C(=O)N[C@H](Cc1c[nH]c2ccccc12)C(=O)O. The van der Waals surface area contributed by atoms with E-state index >= 15 is 0 Å². The monoisotopic (exact) mass is 858 g/mol. The molecule has 18 heteroatoms. The van der Waals surface area contributed by atoms with Crippen molar-refractivity contribution in [3.05, 3.63) is 83.7 Å². The van der Waals surface area contributed by atoms with E-state index < -0.39 is 71.6 Å². The van der Waals surface area contributed by atoms with E-state index in [1.54, 1.807) is 36.5 Å². The van der Waals surface area contributed by atoms with Gasteiger partial charge < -0.3 is 53.5 Å². The maximum atomic E-state index is 14.2. The van der Waals surface area contributed by atoms with Gasteiger partial charge in [-0.3, -0.25) is 33.8 Å². The number of carbonyl (C=O) groups excluding carboxylic acids is 6. The molecule has 0 fully saturated rings. The summed E-state index contributed by atoms with van der Waals surface area (Å²) in [4.78, 5) is 100. The molecule has 3 aromatic rings. The van der Waals surface area contributed by atoms with E-state index in [1.165, 1.54) is 19.9 Å². The maximum absolute atomic E-state index is 14.2. The van der Waals surface area contributed by atoms with Gasteiger partial charge in [0.2, 0.25) is 29.5 Å². The normalized spacial score (nSPS) is 13.8. The number of aromatic amines is 1. The molecule has 0 unspecified atom stereocenters. The molecule has 2 aromatic carbocycles. The number of amides is 6. The number of hydrogen-bond acceptors (Lipinski definition) is 8. The lowest BCUT2D eigenvalue weighted by Crippen LogP contribution is -2.59. The summed E-state index contributed by atoms with van der Waals surface area (Å²) in [5, 5.41) is 26.8. The lowest BCUT2D eigenvalue weighted by Gasteiger charge is -2.27. The molecule has 0 aliphatic rings. The number of guanidine groups is 1. The van der Waals surface area contributed by atoms with Gasteiger partial charge in [0.05, 0.1) is 0 Å². The number of benzene rings is 2. The Hall–Kier alpha value is -6.72. The fourth-order valence-corrected chi connectivity index (χ4v) is 6.74. The standard InChI is InChI=1S/C44H62N10O8/c1-7-31(38(56)54-37(43(61)62)23-29-24-48-32-17-12-11-16-30(29)32)50-42(60)36(22-28-14-9-8-10-15-28)53-41(59)35(21-26(4)5)52-39(57)33(18-13-19-47-44(45)46)51-40(58)34(20-25(2)3)49-27(6)55/h7-12,14-17,24-26,33-37,48H,13,18-23H2,1-6H3,(H,49,55)(H,50,60)(H,51,58)(H,52,57)(H,53,59)(H,54,56)(H,61,62)(H4,45,46,47)/b31-7-/t33-,34-,35-,36+,37-/m1/s1. The molecule has 0 aliphatic heterocycles. The van der Waals surface area contributed by atoms with Crippen LogP contribution in [0.4, 0.5) is 0 Å². The van der Waals surface area contributed by atoms with Crippen molar-refractivity contribution in [1.82, 2.24) is 36.9 Å². The van der Waals surface area contributed by atoms with E-state index in [2.05, 4.69) is 41.9 Å². The van der Waals surface area contributed by atoms with Gasteiger partial charge in [0, 0.05) is 43.4 Å². The van der Waals surface area contributed by atoms with Crippen LogP contribution in [0.3, 0.4) is 0 Å². The summed E-state index contributed by atoms with van der Waals surface area (Å²) in [7, 11) is 0. The number of aliphatic carboxylic acids is 1. The molecular weight excluding hydrogens is 797 g/mol. The van der Waals surface area contributed by atoms with Gasteiger partial charge in [-0.1, -0.05) is 82.3 Å². The van der Waals surface area contributed by atoms with Crippen LogP contribution in [0.1, 0.15) is 78.4 Å². The Kier molecular flexibility index (Phi) is 19.6. The summed E-state index contributed by atoms with van der Waals surface area (Å²) in [6, 6.07) is 10.3. The number of fused-ring (bicyclic) bond motifs is 1. The minimum Gasteiger partial charge on any atom is -0.480 e. The molecule has 0 bridgehead atoms. The molecule has 6 amide bonds. The first-order chi connectivity index (χ1) is 29.4. The van der Waals surface area contributed by atoms with Gasteiger partial charge in [-0.15, -0.1) is 0 Å². The number of carboxylic acid groups (broad SMARTS) is 1. The molecule has 3 rings (SSSR count). The van der Waals surface area contributed by atoms with Crippen molar-refractivity contribution in [1.29, 1.82) is 0 Å². The number of allylic oxidation sites excluding steroid dienone is 1. The first kappa shape index (κ1) is 49.6. The molecule has 0 aliphatic carbocycles. The van der Waals surface area contributed by atoms with E-state index in [9.17, 15) is 38.7 Å². The predicted octanol–water partition coefficient (Wildman–Crippen LogP) is 1.65. The van der Waals surface area contributed by atoms with Crippen molar-refractivity contribution in [2.24, 2.45) is 28.3 Å². The van der Waals surface area contributed by atoms with Crippen LogP contribution in [0.2, 0.25) is 0 Å². The molecule has 5 atom stereocenters. The first-order valence-corrected chi connectivity index (χ1v) is 20.7. The lowest BCUT2D eigenvalue weighted by atomic mass is 9.99. The average molecular weight is 859 g/mol. The number of nitrogens with one attached hydrogen (secondary N) is 7. The van der Waals surface area contributed by atoms with Crippen LogP contribution in [-0.2, 0) is 46.4 Å². The molecule has 12 N–H and O–H groups in total. The fraction of sp³-hybridized carbons (Fsp3) is 0.455. The first-order valence-electron chi connectivity index (χ1n) is 20.7. The van der Waals surface area contributed by atoms with Gasteiger partial charge in [-0.05, 0) is 61.6 Å². The number of carboxylic acids is 1. The van der Waals surface area contributed by atoms with Crippen LogP contribution in [0, 0.1) is 11.8 Å². The van der Waals surface area contributed by atoms with Crippen molar-refractivity contribution < 1.29 is 38.7 Å². The molecule has 0 radical (unpaired) electrons. The van der Waals surface area contributed by atoms with Gasteiger partial charge in [-0.2, -0.15) is 0 Å². The second-order valence-corrected chi connectivity index (χ2v) is 16.0. The highest BCUT2D eigenvalue weighted by Crippen LogP contribution is 2.19. The number of H-pyrrole nitrogens is 1. The van der Waals surface area contributed by atoms with E-state index in [-0.39, 0.29) is 62.1 Å². The molecule has 0 spiro atoms. The number of para-hydroxylation sites is 1. The fourth-order valence-electron chi connectivity index (χ4n) is 6.74. The van der Waals surface area contributed by atoms with Crippen LogP contribution < -0.4 is 43.4 Å². The third kappa shape index (κ3) is 16.4. The van der Waals surface area contributed by atoms with E-state index in [0.29, 0.717) is 17.5 Å². The van der Waals surface area contributed by atoms with Gasteiger partial charge >= 0.3 is 5.97 Å². The van der Waals surface area contributed by atoms with Crippen LogP contribution in [0.25, 0.3) is 10.9 Å². The summed E-state index contributed by atoms with van der Waals surface area (Å²) < 4.78 is 0. The van der Waals surface area contributed by atoms with Gasteiger partial charge in [0.1, 0.15) is 35.9 Å². The van der Waals surface area contributed by atoms with Gasteiger partial charge in [0.25, 0.3) is 5.91 Å². The Morgan fingerprint density at radius 2 is 1.27 bits per heavy atom. The number of aromatic nitrogens is 1. The Balaban J connectivity index is 1.85. The topological polar surface area (TPSA) is 292 Å². The number of hydrogen-bond donors (Lipinski definition) is 10. The number of nitrogens with zero attached hydrogens (tertiary/aromatic N) is 1. The lowest BCUT2D eigenvalue weighted by molar-refractivity contribution is -0.141. The molecule has 1 heterocycles. The number of rotatable bonds is 24. The van der Waals surface area contributed by atoms with Crippen LogP contribution in [-0.4, -0.2) is 94.2 Å². The van der Waals surface area contributed by atoms with Gasteiger partial charge in [-0.25, -0.2) is 4.79 Å². The third-order valence-corrected chi connectivity index (χ3v) is 9.73. The minimum absolute atomic E-state index is 0.0124. The highest BCUT2D eigenvalue weighted by atomic mass is 16.4. The largest absolute Gasteiger partial charge is 0.480 e. The number of carbonyl (C=O) groups is 7. The third-order valence-electron chi connectivity index (χ3n) is 9.73. The second kappa shape index (κ2) is 24.5. The smallest absolute Gasteiger partial charge is 0.326 e. The molecule has 62 heavy (non-hydrogen) atoms. The van der Waals surface area contributed by atoms with E-state index in [0.717, 1.165) is 10.9 Å². The Morgan fingerprint density at radius 3 is 1.85 bits per heavy atom. The zero-order valence-corrected chi connectivity index (χ0v) is 36.2. The summed E-state index contributed by atoms with van der Waals surface area (Å²) in [6.07, 6.45) is 3.75. The number of aliphatic imine (C=N–C) groups is 1. The predicted molar refractivity (Wildman–Crippen MR) is 236 cm³/mol. The zero-order valence-electron chi connectivity index (χ0n) is 36.2. The minimum atomic E-state index is -1.35. The van der Waals surface area contributed by atoms with Crippen molar-refractivity contribution in [2.45, 2.75) is 110 Å². The highest BCUT2D eigenvalue weighted by molar-refractivity contribution is 6.01. The van der Waals surface area contributed by atoms with E-state index in [4.69, 9.17) is 11.5 Å². The Morgan fingerprint density at radius 1 is 0.710 bits per heavy atom. The summed E-state index contributed by atoms with van der Waals surface area (Å²) >= 11 is 0. The van der Waals surface area contributed by atoms with Gasteiger partial charge in [0.15, 0.2) is 5.96 Å². The zero-order chi connectivity index (χ0) is 45.9. The quantitative estimate of drug-likeness (QED) is 0.0269. The summed E-state index contributed by atoms with van der Waals surface area (Å²) in [6.45, 7) is 10.4. The van der Waals surface area contributed by atoms with Crippen molar-refractivity contribution >= 4 is 58.3 Å². The Labute approximate surface area is 361 Å². The second-order valence-electron chi connectivity index (χ2n) is 16.0. The molecule has 1 aromatic heterocycles. The molecule has 0 saturated heterocycles. The molecule has 18 nitrogen and oxygen atoms in total. The molecule has 336 valence electrons. The Bertz CT molecular complexity index is 2080. The van der Waals surface area contributed by atoms with Crippen LogP contribution >= 0.6 is 0 Å². The molecular formula is C44H62N10O8. The average Bonchev–Trinajstić information content (AvgIpc) is 3.61. The van der Waals surface area contributed by atoms with E-state index in [1.807, 2.05) is 52.0 Å². The maximum Gasteiger partial charge on any atom is 0.326 e. The summed E-state index contributed by atoms with van der Waals surface area (Å²) in [5.74, 6) is -5.55. The van der Waals surface area contributed by atoms with Crippen molar-refractivity contribution in [2.75, 3.05) is 6.54 Å². The highest BCUT2D eigenvalue weighted by Gasteiger charge is 2.33. The van der Waals surface area contributed by atoms with Crippen LogP contribution in [0.15, 0.2) is 77.6 Å². The van der Waals surface area contributed by atoms with Crippen molar-refractivity contribution in [3.63, 3.8) is 0 Å². The summed E-state index contributed by atoms with van der Waals surface area (Å²) in [5.41, 5.74) is 12.9. The number of nitrogens with two attached hydrogens (primary N) is 2. The van der Waals surface area contributed by atoms with Crippen LogP contribution in [0.5, 0.6) is 0 Å². The van der Waals surface area contributed by atoms with Crippen molar-refractivity contribution in [3.8, 4) is 0 Å². The molecule has 0 saturated carbocycles.